The van der Waals surface area contributed by atoms with E-state index in [1.165, 1.54) is 5.56 Å². The minimum atomic E-state index is -0.256. The number of benzene rings is 1. The Hall–Kier alpha value is -1.88. The molecule has 1 aliphatic heterocycles. The second-order valence-electron chi connectivity index (χ2n) is 5.16. The van der Waals surface area contributed by atoms with Gasteiger partial charge in [-0.25, -0.2) is 4.79 Å². The van der Waals surface area contributed by atoms with Crippen LogP contribution in [0.15, 0.2) is 35.3 Å². The number of carbonyl (C=O) groups excluding carboxylic acids is 1. The summed E-state index contributed by atoms with van der Waals surface area (Å²) in [6.07, 6.45) is 3.02. The maximum Gasteiger partial charge on any atom is 0.344 e. The highest BCUT2D eigenvalue weighted by atomic mass is 16.2. The van der Waals surface area contributed by atoms with Gasteiger partial charge in [-0.1, -0.05) is 30.3 Å². The number of hydrogen-bond donors (Lipinski definition) is 1. The predicted octanol–water partition coefficient (Wildman–Crippen LogP) is 1.69. The van der Waals surface area contributed by atoms with Crippen molar-refractivity contribution in [3.05, 3.63) is 35.9 Å². The molecule has 1 aromatic rings. The molecule has 1 saturated heterocycles. The average molecular weight is 274 g/mol. The normalized spacial score (nSPS) is 17.4. The van der Waals surface area contributed by atoms with Gasteiger partial charge < -0.3 is 10.6 Å². The molecule has 5 heteroatoms. The largest absolute Gasteiger partial charge is 0.390 e. The molecule has 5 nitrogen and oxygen atoms in total. The summed E-state index contributed by atoms with van der Waals surface area (Å²) in [5.41, 5.74) is 6.49. The molecule has 0 saturated carbocycles. The van der Waals surface area contributed by atoms with Crippen LogP contribution < -0.4 is 5.73 Å². The van der Waals surface area contributed by atoms with Crippen LogP contribution in [-0.4, -0.2) is 48.3 Å². The molecule has 0 aromatic heterocycles. The average Bonchev–Trinajstić information content (AvgIpc) is 2.48. The van der Waals surface area contributed by atoms with Crippen LogP contribution in [0.2, 0.25) is 0 Å². The Morgan fingerprint density at radius 2 is 2.05 bits per heavy atom. The van der Waals surface area contributed by atoms with Crippen molar-refractivity contribution < 1.29 is 4.79 Å². The second kappa shape index (κ2) is 7.05. The van der Waals surface area contributed by atoms with Crippen molar-refractivity contribution in [1.82, 2.24) is 9.80 Å². The Bertz CT molecular complexity index is 452. The summed E-state index contributed by atoms with van der Waals surface area (Å²) in [5, 5.41) is 0. The van der Waals surface area contributed by atoms with Gasteiger partial charge in [-0.05, 0) is 18.4 Å². The molecule has 0 atom stereocenters. The zero-order chi connectivity index (χ0) is 14.4. The van der Waals surface area contributed by atoms with Crippen LogP contribution in [-0.2, 0) is 6.54 Å². The van der Waals surface area contributed by atoms with E-state index in [-0.39, 0.29) is 12.1 Å². The Morgan fingerprint density at radius 3 is 2.65 bits per heavy atom. The van der Waals surface area contributed by atoms with Crippen molar-refractivity contribution in [3.8, 4) is 0 Å². The van der Waals surface area contributed by atoms with E-state index in [0.29, 0.717) is 0 Å². The van der Waals surface area contributed by atoms with Gasteiger partial charge >= 0.3 is 6.03 Å². The first-order chi connectivity index (χ1) is 9.70. The van der Waals surface area contributed by atoms with Gasteiger partial charge in [-0.15, -0.1) is 0 Å². The van der Waals surface area contributed by atoms with E-state index >= 15 is 0 Å². The summed E-state index contributed by atoms with van der Waals surface area (Å²) in [6, 6.07) is 10.5. The monoisotopic (exact) mass is 274 g/mol. The predicted molar refractivity (Wildman–Crippen MR) is 80.6 cm³/mol. The first-order valence-corrected chi connectivity index (χ1v) is 6.98. The molecule has 20 heavy (non-hydrogen) atoms. The van der Waals surface area contributed by atoms with E-state index in [1.807, 2.05) is 6.07 Å². The first-order valence-electron chi connectivity index (χ1n) is 6.98. The Labute approximate surface area is 120 Å². The van der Waals surface area contributed by atoms with Crippen LogP contribution in [0, 0.1) is 0 Å². The molecule has 2 N–H and O–H groups in total. The zero-order valence-electron chi connectivity index (χ0n) is 11.9. The van der Waals surface area contributed by atoms with Crippen LogP contribution in [0.4, 0.5) is 4.79 Å². The van der Waals surface area contributed by atoms with Crippen molar-refractivity contribution in [2.75, 3.05) is 20.1 Å². The molecule has 0 unspecified atom stereocenters. The van der Waals surface area contributed by atoms with Crippen molar-refractivity contribution in [1.29, 1.82) is 0 Å². The van der Waals surface area contributed by atoms with Gasteiger partial charge in [0.25, 0.3) is 0 Å². The van der Waals surface area contributed by atoms with Crippen LogP contribution >= 0.6 is 0 Å². The quantitative estimate of drug-likeness (QED) is 0.674. The van der Waals surface area contributed by atoms with Crippen LogP contribution in [0.3, 0.4) is 0 Å². The number of amides is 2. The smallest absolute Gasteiger partial charge is 0.344 e. The number of nitrogens with two attached hydrogens (primary N) is 1. The molecule has 2 rings (SSSR count). The number of aliphatic imine (C=N–C) groups is 1. The molecule has 0 bridgehead atoms. The van der Waals surface area contributed by atoms with E-state index < -0.39 is 0 Å². The van der Waals surface area contributed by atoms with E-state index in [2.05, 4.69) is 34.2 Å². The highest BCUT2D eigenvalue weighted by Crippen LogP contribution is 2.18. The zero-order valence-corrected chi connectivity index (χ0v) is 11.9. The van der Waals surface area contributed by atoms with E-state index in [4.69, 9.17) is 5.73 Å². The molecule has 0 radical (unpaired) electrons. The molecule has 0 spiro atoms. The third kappa shape index (κ3) is 3.81. The second-order valence-corrected chi connectivity index (χ2v) is 5.16. The lowest BCUT2D eigenvalue weighted by Crippen LogP contribution is -2.44. The van der Waals surface area contributed by atoms with E-state index in [1.54, 1.807) is 11.9 Å². The lowest BCUT2D eigenvalue weighted by atomic mass is 10.0. The third-order valence-electron chi connectivity index (χ3n) is 3.84. The maximum absolute atomic E-state index is 11.6. The van der Waals surface area contributed by atoms with Gasteiger partial charge in [-0.3, -0.25) is 4.90 Å². The van der Waals surface area contributed by atoms with E-state index in [0.717, 1.165) is 38.8 Å². The molecule has 1 heterocycles. The van der Waals surface area contributed by atoms with Gasteiger partial charge in [-0.2, -0.15) is 4.99 Å². The molecule has 0 aliphatic carbocycles. The Kier molecular flexibility index (Phi) is 5.12. The summed E-state index contributed by atoms with van der Waals surface area (Å²) in [6.45, 7) is 2.99. The lowest BCUT2D eigenvalue weighted by molar-refractivity contribution is 0.135. The number of piperidine rings is 1. The molecular formula is C15H22N4O. The van der Waals surface area contributed by atoms with Crippen molar-refractivity contribution >= 4 is 12.4 Å². The Balaban J connectivity index is 1.82. The van der Waals surface area contributed by atoms with Crippen LogP contribution in [0.25, 0.3) is 0 Å². The number of likely N-dealkylation sites (tertiary alicyclic amines) is 1. The fourth-order valence-electron chi connectivity index (χ4n) is 2.62. The third-order valence-corrected chi connectivity index (χ3v) is 3.84. The molecule has 1 fully saturated rings. The number of nitrogens with zero attached hydrogens (tertiary/aromatic N) is 3. The summed E-state index contributed by atoms with van der Waals surface area (Å²) in [7, 11) is 1.80. The van der Waals surface area contributed by atoms with E-state index in [9.17, 15) is 4.79 Å². The minimum absolute atomic E-state index is 0.256. The van der Waals surface area contributed by atoms with Gasteiger partial charge in [0.15, 0.2) is 0 Å². The van der Waals surface area contributed by atoms with Gasteiger partial charge in [0.1, 0.15) is 0 Å². The van der Waals surface area contributed by atoms with Crippen molar-refractivity contribution in [2.24, 2.45) is 10.7 Å². The number of rotatable bonds is 3. The summed E-state index contributed by atoms with van der Waals surface area (Å²) >= 11 is 0. The highest BCUT2D eigenvalue weighted by molar-refractivity contribution is 5.82. The first kappa shape index (κ1) is 14.5. The van der Waals surface area contributed by atoms with Crippen LogP contribution in [0.1, 0.15) is 18.4 Å². The molecule has 1 aliphatic rings. The number of hydrogen-bond acceptors (Lipinski definition) is 2. The van der Waals surface area contributed by atoms with Crippen molar-refractivity contribution in [3.63, 3.8) is 0 Å². The highest BCUT2D eigenvalue weighted by Gasteiger charge is 2.24. The maximum atomic E-state index is 11.6. The molecular weight excluding hydrogens is 252 g/mol. The van der Waals surface area contributed by atoms with Gasteiger partial charge in [0.2, 0.25) is 0 Å². The van der Waals surface area contributed by atoms with Crippen LogP contribution in [0.5, 0.6) is 0 Å². The summed E-state index contributed by atoms with van der Waals surface area (Å²) < 4.78 is 0. The summed E-state index contributed by atoms with van der Waals surface area (Å²) in [4.78, 5) is 19.4. The molecule has 1 aromatic carbocycles. The SMILES string of the molecule is CN(C(=O)N=CN)C1CCN(Cc2ccccc2)CC1. The number of urea groups is 1. The fraction of sp³-hybridized carbons (Fsp3) is 0.467. The number of carbonyl (C=O) groups is 1. The van der Waals surface area contributed by atoms with Gasteiger partial charge in [0.05, 0.1) is 6.34 Å². The van der Waals surface area contributed by atoms with Gasteiger partial charge in [0, 0.05) is 32.7 Å². The Morgan fingerprint density at radius 1 is 1.40 bits per heavy atom. The molecule has 108 valence electrons. The minimum Gasteiger partial charge on any atom is -0.390 e. The molecule has 2 amide bonds. The lowest BCUT2D eigenvalue weighted by Gasteiger charge is -2.36. The fourth-order valence-corrected chi connectivity index (χ4v) is 2.62. The van der Waals surface area contributed by atoms with Crippen molar-refractivity contribution in [2.45, 2.75) is 25.4 Å². The summed E-state index contributed by atoms with van der Waals surface area (Å²) in [5.74, 6) is 0. The standard InChI is InChI=1S/C15H22N4O/c1-18(15(20)17-12-16)14-7-9-19(10-8-14)11-13-5-3-2-4-6-13/h2-6,12,14H,7-11H2,1H3,(H2,16,17,20). The topological polar surface area (TPSA) is 61.9 Å².